The van der Waals surface area contributed by atoms with Crippen molar-refractivity contribution in [2.75, 3.05) is 6.54 Å². The van der Waals surface area contributed by atoms with Crippen LogP contribution in [-0.4, -0.2) is 30.0 Å². The number of hydrogen-bond acceptors (Lipinski definition) is 4. The summed E-state index contributed by atoms with van der Waals surface area (Å²) < 4.78 is 27.0. The Hall–Kier alpha value is -1.70. The molecule has 1 aromatic carbocycles. The van der Waals surface area contributed by atoms with Crippen LogP contribution < -0.4 is 4.72 Å². The molecule has 20 heavy (non-hydrogen) atoms. The van der Waals surface area contributed by atoms with Gasteiger partial charge in [-0.3, -0.25) is 0 Å². The normalized spacial score (nSPS) is 11.7. The highest BCUT2D eigenvalue weighted by Gasteiger charge is 2.17. The monoisotopic (exact) mass is 295 g/mol. The highest BCUT2D eigenvalue weighted by atomic mass is 32.2. The number of rotatable bonds is 6. The molecule has 108 valence electrons. The second kappa shape index (κ2) is 6.17. The average molecular weight is 295 g/mol. The summed E-state index contributed by atoms with van der Waals surface area (Å²) in [7, 11) is -3.57. The highest BCUT2D eigenvalue weighted by Crippen LogP contribution is 2.18. The predicted molar refractivity (Wildman–Crippen MR) is 74.6 cm³/mol. The molecule has 0 amide bonds. The maximum atomic E-state index is 12.2. The van der Waals surface area contributed by atoms with Crippen LogP contribution in [0, 0.1) is 6.92 Å². The van der Waals surface area contributed by atoms with Gasteiger partial charge in [-0.15, -0.1) is 0 Å². The van der Waals surface area contributed by atoms with E-state index in [1.54, 1.807) is 31.6 Å². The van der Waals surface area contributed by atoms with Crippen LogP contribution in [0.5, 0.6) is 0 Å². The molecule has 0 fully saturated rings. The molecule has 3 N–H and O–H groups in total. The van der Waals surface area contributed by atoms with Crippen LogP contribution in [0.15, 0.2) is 35.6 Å². The first kappa shape index (κ1) is 14.7. The first-order valence-electron chi connectivity index (χ1n) is 6.21. The van der Waals surface area contributed by atoms with E-state index in [2.05, 4.69) is 14.7 Å². The zero-order valence-electron chi connectivity index (χ0n) is 11.1. The second-order valence-corrected chi connectivity index (χ2v) is 6.16. The SMILES string of the molecule is Cc1c(CO)cccc1S(=O)(=O)NCCc1cnc[nH]1. The minimum absolute atomic E-state index is 0.177. The van der Waals surface area contributed by atoms with Crippen molar-refractivity contribution in [1.29, 1.82) is 0 Å². The van der Waals surface area contributed by atoms with Crippen LogP contribution in [0.1, 0.15) is 16.8 Å². The zero-order chi connectivity index (χ0) is 14.6. The lowest BCUT2D eigenvalue weighted by molar-refractivity contribution is 0.280. The maximum absolute atomic E-state index is 12.2. The van der Waals surface area contributed by atoms with Gasteiger partial charge in [0.05, 0.1) is 17.8 Å². The zero-order valence-corrected chi connectivity index (χ0v) is 11.9. The Labute approximate surface area is 117 Å². The first-order valence-corrected chi connectivity index (χ1v) is 7.69. The molecular weight excluding hydrogens is 278 g/mol. The number of aromatic amines is 1. The lowest BCUT2D eigenvalue weighted by atomic mass is 10.1. The first-order chi connectivity index (χ1) is 9.54. The van der Waals surface area contributed by atoms with Gasteiger partial charge in [-0.1, -0.05) is 12.1 Å². The molecule has 2 rings (SSSR count). The van der Waals surface area contributed by atoms with Crippen LogP contribution in [0.25, 0.3) is 0 Å². The third-order valence-electron chi connectivity index (χ3n) is 3.10. The molecule has 1 heterocycles. The van der Waals surface area contributed by atoms with E-state index in [1.165, 1.54) is 6.07 Å². The Morgan fingerprint density at radius 1 is 1.40 bits per heavy atom. The van der Waals surface area contributed by atoms with Crippen LogP contribution in [0.4, 0.5) is 0 Å². The largest absolute Gasteiger partial charge is 0.392 e. The van der Waals surface area contributed by atoms with Crippen molar-refractivity contribution < 1.29 is 13.5 Å². The van der Waals surface area contributed by atoms with E-state index in [4.69, 9.17) is 0 Å². The van der Waals surface area contributed by atoms with E-state index in [1.807, 2.05) is 0 Å². The number of imidazole rings is 1. The molecule has 0 aliphatic rings. The standard InChI is InChI=1S/C13H17N3O3S/c1-10-11(8-17)3-2-4-13(10)20(18,19)16-6-5-12-7-14-9-15-12/h2-4,7,9,16-17H,5-6,8H2,1H3,(H,14,15). The molecule has 0 saturated carbocycles. The Morgan fingerprint density at radius 3 is 2.85 bits per heavy atom. The van der Waals surface area contributed by atoms with Crippen LogP contribution in [0.3, 0.4) is 0 Å². The van der Waals surface area contributed by atoms with Gasteiger partial charge in [0.25, 0.3) is 0 Å². The number of aliphatic hydroxyl groups excluding tert-OH is 1. The lowest BCUT2D eigenvalue weighted by Crippen LogP contribution is -2.27. The van der Waals surface area contributed by atoms with E-state index in [-0.39, 0.29) is 18.0 Å². The van der Waals surface area contributed by atoms with Gasteiger partial charge in [-0.2, -0.15) is 0 Å². The van der Waals surface area contributed by atoms with Gasteiger partial charge in [0.15, 0.2) is 0 Å². The molecule has 0 bridgehead atoms. The summed E-state index contributed by atoms with van der Waals surface area (Å²) in [6.45, 7) is 1.80. The van der Waals surface area contributed by atoms with Crippen molar-refractivity contribution in [3.8, 4) is 0 Å². The van der Waals surface area contributed by atoms with Gasteiger partial charge in [0, 0.05) is 24.9 Å². The Morgan fingerprint density at radius 2 is 2.20 bits per heavy atom. The number of nitrogens with one attached hydrogen (secondary N) is 2. The highest BCUT2D eigenvalue weighted by molar-refractivity contribution is 7.89. The molecule has 0 aliphatic heterocycles. The lowest BCUT2D eigenvalue weighted by Gasteiger charge is -2.11. The molecule has 0 spiro atoms. The number of benzene rings is 1. The number of sulfonamides is 1. The second-order valence-electron chi connectivity index (χ2n) is 4.42. The van der Waals surface area contributed by atoms with Crippen molar-refractivity contribution >= 4 is 10.0 Å². The third-order valence-corrected chi connectivity index (χ3v) is 4.70. The Bertz CT molecular complexity index is 666. The molecule has 1 aromatic heterocycles. The molecule has 0 atom stereocenters. The van der Waals surface area contributed by atoms with Crippen molar-refractivity contribution in [1.82, 2.24) is 14.7 Å². The minimum atomic E-state index is -3.57. The molecule has 2 aromatic rings. The Balaban J connectivity index is 2.10. The Kier molecular flexibility index (Phi) is 4.53. The van der Waals surface area contributed by atoms with Gasteiger partial charge in [-0.05, 0) is 24.1 Å². The number of aliphatic hydroxyl groups is 1. The summed E-state index contributed by atoms with van der Waals surface area (Å²) in [5, 5.41) is 9.18. The number of H-pyrrole nitrogens is 1. The molecule has 6 nitrogen and oxygen atoms in total. The maximum Gasteiger partial charge on any atom is 0.240 e. The minimum Gasteiger partial charge on any atom is -0.392 e. The number of hydrogen-bond donors (Lipinski definition) is 3. The quantitative estimate of drug-likeness (QED) is 0.732. The smallest absolute Gasteiger partial charge is 0.240 e. The molecule has 0 saturated heterocycles. The summed E-state index contributed by atoms with van der Waals surface area (Å²) in [4.78, 5) is 6.99. The molecule has 7 heteroatoms. The number of nitrogens with zero attached hydrogens (tertiary/aromatic N) is 1. The van der Waals surface area contributed by atoms with Crippen molar-refractivity contribution in [2.45, 2.75) is 24.8 Å². The number of aromatic nitrogens is 2. The van der Waals surface area contributed by atoms with Crippen molar-refractivity contribution in [3.05, 3.63) is 47.5 Å². The fraction of sp³-hybridized carbons (Fsp3) is 0.308. The van der Waals surface area contributed by atoms with E-state index in [9.17, 15) is 13.5 Å². The molecule has 0 aliphatic carbocycles. The van der Waals surface area contributed by atoms with Gasteiger partial charge < -0.3 is 10.1 Å². The summed E-state index contributed by atoms with van der Waals surface area (Å²) >= 11 is 0. The van der Waals surface area contributed by atoms with Crippen LogP contribution in [-0.2, 0) is 23.1 Å². The molecule has 0 unspecified atom stereocenters. The van der Waals surface area contributed by atoms with Gasteiger partial charge in [-0.25, -0.2) is 18.1 Å². The van der Waals surface area contributed by atoms with E-state index in [0.717, 1.165) is 5.69 Å². The van der Waals surface area contributed by atoms with Crippen LogP contribution >= 0.6 is 0 Å². The summed E-state index contributed by atoms with van der Waals surface area (Å²) in [6, 6.07) is 4.87. The summed E-state index contributed by atoms with van der Waals surface area (Å²) in [6.07, 6.45) is 3.75. The van der Waals surface area contributed by atoms with E-state index >= 15 is 0 Å². The molecular formula is C13H17N3O3S. The summed E-state index contributed by atoms with van der Waals surface area (Å²) in [5.41, 5.74) is 2.05. The van der Waals surface area contributed by atoms with Gasteiger partial charge in [0.2, 0.25) is 10.0 Å². The van der Waals surface area contributed by atoms with Crippen molar-refractivity contribution in [3.63, 3.8) is 0 Å². The van der Waals surface area contributed by atoms with E-state index in [0.29, 0.717) is 17.5 Å². The molecule has 0 radical (unpaired) electrons. The average Bonchev–Trinajstić information content (AvgIpc) is 2.91. The van der Waals surface area contributed by atoms with Gasteiger partial charge >= 0.3 is 0 Å². The fourth-order valence-corrected chi connectivity index (χ4v) is 3.26. The third kappa shape index (κ3) is 3.24. The topological polar surface area (TPSA) is 95.1 Å². The van der Waals surface area contributed by atoms with E-state index < -0.39 is 10.0 Å². The predicted octanol–water partition coefficient (Wildman–Crippen LogP) is 0.731. The fourth-order valence-electron chi connectivity index (χ4n) is 1.94. The van der Waals surface area contributed by atoms with Gasteiger partial charge in [0.1, 0.15) is 0 Å². The van der Waals surface area contributed by atoms with Crippen LogP contribution in [0.2, 0.25) is 0 Å². The summed E-state index contributed by atoms with van der Waals surface area (Å²) in [5.74, 6) is 0. The van der Waals surface area contributed by atoms with Crippen molar-refractivity contribution in [2.24, 2.45) is 0 Å².